The number of anilines is 1. The Morgan fingerprint density at radius 3 is 2.43 bits per heavy atom. The highest BCUT2D eigenvalue weighted by atomic mass is 19.3. The first-order valence-electron chi connectivity index (χ1n) is 13.2. The van der Waals surface area contributed by atoms with E-state index in [0.717, 1.165) is 38.4 Å². The molecule has 1 N–H and O–H groups in total. The Morgan fingerprint density at radius 2 is 1.81 bits per heavy atom. The molecule has 0 unspecified atom stereocenters. The molecule has 1 aromatic rings. The predicted molar refractivity (Wildman–Crippen MR) is 136 cm³/mol. The zero-order valence-electron chi connectivity index (χ0n) is 22.1. The molecule has 204 valence electrons. The number of amides is 2. The van der Waals surface area contributed by atoms with Gasteiger partial charge in [-0.2, -0.15) is 0 Å². The smallest absolute Gasteiger partial charge is 0.254 e. The van der Waals surface area contributed by atoms with E-state index in [-0.39, 0.29) is 18.9 Å². The van der Waals surface area contributed by atoms with Gasteiger partial charge in [-0.05, 0) is 30.5 Å². The predicted octanol–water partition coefficient (Wildman–Crippen LogP) is 2.42. The molecule has 3 aliphatic heterocycles. The maximum atomic E-state index is 13.9. The van der Waals surface area contributed by atoms with Gasteiger partial charge in [0.15, 0.2) is 5.78 Å². The van der Waals surface area contributed by atoms with Gasteiger partial charge in [0.2, 0.25) is 12.3 Å². The van der Waals surface area contributed by atoms with Gasteiger partial charge >= 0.3 is 0 Å². The van der Waals surface area contributed by atoms with Crippen molar-refractivity contribution in [2.45, 2.75) is 58.7 Å². The van der Waals surface area contributed by atoms with Crippen molar-refractivity contribution in [2.24, 2.45) is 11.3 Å². The largest absolute Gasteiger partial charge is 0.368 e. The minimum absolute atomic E-state index is 0.276. The van der Waals surface area contributed by atoms with E-state index >= 15 is 0 Å². The number of carbonyl (C=O) groups excluding carboxylic acids is 3. The van der Waals surface area contributed by atoms with Crippen LogP contribution in [0.2, 0.25) is 0 Å². The molecule has 3 aliphatic rings. The summed E-state index contributed by atoms with van der Waals surface area (Å²) in [6, 6.07) is 5.28. The number of rotatable bonds is 8. The van der Waals surface area contributed by atoms with Crippen molar-refractivity contribution in [3.63, 3.8) is 0 Å². The second-order valence-corrected chi connectivity index (χ2v) is 10.9. The lowest BCUT2D eigenvalue weighted by Gasteiger charge is -2.38. The normalized spacial score (nSPS) is 25.5. The maximum Gasteiger partial charge on any atom is 0.254 e. The number of fused-ring (bicyclic) bond motifs is 1. The molecule has 8 nitrogen and oxygen atoms in total. The van der Waals surface area contributed by atoms with Crippen LogP contribution in [-0.4, -0.2) is 97.9 Å². The number of alkyl halides is 2. The van der Waals surface area contributed by atoms with Crippen LogP contribution in [0.3, 0.4) is 0 Å². The SMILES string of the molecule is CCN1CCN(c2ccccc2C(=O)N[C@H](C(=O)N2C[C@@H](C(F)F)[C@H]3OCC(=O)[C@H]32)C(C)(C)CC)CC1. The van der Waals surface area contributed by atoms with Crippen LogP contribution in [-0.2, 0) is 14.3 Å². The first-order chi connectivity index (χ1) is 17.6. The highest BCUT2D eigenvalue weighted by Crippen LogP contribution is 2.37. The number of halogens is 2. The number of Topliss-reactive ketones (excluding diaryl/α,β-unsaturated/α-hetero) is 1. The molecule has 0 spiro atoms. The summed E-state index contributed by atoms with van der Waals surface area (Å²) in [5, 5.41) is 2.93. The topological polar surface area (TPSA) is 82.2 Å². The number of nitrogens with one attached hydrogen (secondary N) is 1. The van der Waals surface area contributed by atoms with Crippen LogP contribution in [0, 0.1) is 11.3 Å². The number of likely N-dealkylation sites (N-methyl/N-ethyl adjacent to an activating group) is 1. The fourth-order valence-electron chi connectivity index (χ4n) is 5.56. The Bertz CT molecular complexity index is 1010. The zero-order valence-corrected chi connectivity index (χ0v) is 22.1. The highest BCUT2D eigenvalue weighted by molar-refractivity contribution is 6.03. The van der Waals surface area contributed by atoms with E-state index in [1.807, 2.05) is 32.9 Å². The Hall–Kier alpha value is -2.59. The molecule has 0 saturated carbocycles. The molecule has 0 aromatic heterocycles. The van der Waals surface area contributed by atoms with Gasteiger partial charge < -0.3 is 24.8 Å². The molecule has 4 atom stereocenters. The lowest BCUT2D eigenvalue weighted by Crippen LogP contribution is -2.57. The maximum absolute atomic E-state index is 13.9. The van der Waals surface area contributed by atoms with Gasteiger partial charge in [-0.3, -0.25) is 14.4 Å². The van der Waals surface area contributed by atoms with Crippen LogP contribution >= 0.6 is 0 Å². The van der Waals surface area contributed by atoms with Gasteiger partial charge in [0, 0.05) is 38.4 Å². The molecule has 10 heteroatoms. The van der Waals surface area contributed by atoms with E-state index in [9.17, 15) is 23.2 Å². The lowest BCUT2D eigenvalue weighted by atomic mass is 9.80. The van der Waals surface area contributed by atoms with Gasteiger partial charge in [0.25, 0.3) is 5.91 Å². The summed E-state index contributed by atoms with van der Waals surface area (Å²) in [5.41, 5.74) is 0.576. The number of benzene rings is 1. The molecule has 37 heavy (non-hydrogen) atoms. The summed E-state index contributed by atoms with van der Waals surface area (Å²) in [7, 11) is 0. The van der Waals surface area contributed by atoms with E-state index in [1.165, 1.54) is 4.90 Å². The number of piperazine rings is 1. The second kappa shape index (κ2) is 11.0. The zero-order chi connectivity index (χ0) is 26.9. The molecule has 3 saturated heterocycles. The van der Waals surface area contributed by atoms with Crippen LogP contribution in [0.5, 0.6) is 0 Å². The Kier molecular flexibility index (Phi) is 8.18. The third-order valence-corrected chi connectivity index (χ3v) is 8.36. The van der Waals surface area contributed by atoms with Crippen LogP contribution in [0.4, 0.5) is 14.5 Å². The molecule has 0 aliphatic carbocycles. The highest BCUT2D eigenvalue weighted by Gasteiger charge is 2.56. The average Bonchev–Trinajstić information content (AvgIpc) is 3.47. The quantitative estimate of drug-likeness (QED) is 0.567. The minimum atomic E-state index is -2.72. The monoisotopic (exact) mass is 520 g/mol. The summed E-state index contributed by atoms with van der Waals surface area (Å²) in [6.07, 6.45) is -3.18. The van der Waals surface area contributed by atoms with Gasteiger partial charge in [0.05, 0.1) is 17.6 Å². The summed E-state index contributed by atoms with van der Waals surface area (Å²) < 4.78 is 32.8. The summed E-state index contributed by atoms with van der Waals surface area (Å²) in [6.45, 7) is 11.5. The number of para-hydroxylation sites is 1. The van der Waals surface area contributed by atoms with Gasteiger partial charge in [-0.25, -0.2) is 8.78 Å². The van der Waals surface area contributed by atoms with Crippen molar-refractivity contribution in [2.75, 3.05) is 50.8 Å². The number of ketones is 1. The number of hydrogen-bond donors (Lipinski definition) is 1. The van der Waals surface area contributed by atoms with Crippen molar-refractivity contribution in [3.05, 3.63) is 29.8 Å². The van der Waals surface area contributed by atoms with E-state index in [2.05, 4.69) is 22.0 Å². The minimum Gasteiger partial charge on any atom is -0.368 e. The molecular weight excluding hydrogens is 482 g/mol. The van der Waals surface area contributed by atoms with Crippen LogP contribution in [0.15, 0.2) is 24.3 Å². The van der Waals surface area contributed by atoms with E-state index in [1.54, 1.807) is 12.1 Å². The molecule has 3 heterocycles. The lowest BCUT2D eigenvalue weighted by molar-refractivity contribution is -0.140. The van der Waals surface area contributed by atoms with Gasteiger partial charge in [-0.1, -0.05) is 39.8 Å². The van der Waals surface area contributed by atoms with Crippen molar-refractivity contribution in [1.29, 1.82) is 0 Å². The van der Waals surface area contributed by atoms with Crippen molar-refractivity contribution >= 4 is 23.3 Å². The van der Waals surface area contributed by atoms with Crippen molar-refractivity contribution < 1.29 is 27.9 Å². The fourth-order valence-corrected chi connectivity index (χ4v) is 5.56. The number of hydrogen-bond acceptors (Lipinski definition) is 6. The number of nitrogens with zero attached hydrogens (tertiary/aromatic N) is 3. The number of ether oxygens (including phenoxy) is 1. The fraction of sp³-hybridized carbons (Fsp3) is 0.667. The average molecular weight is 521 g/mol. The van der Waals surface area contributed by atoms with Gasteiger partial charge in [0.1, 0.15) is 18.7 Å². The molecule has 2 amide bonds. The molecule has 1 aromatic carbocycles. The first-order valence-corrected chi connectivity index (χ1v) is 13.2. The van der Waals surface area contributed by atoms with Crippen molar-refractivity contribution in [1.82, 2.24) is 15.1 Å². The Balaban J connectivity index is 1.59. The molecule has 4 rings (SSSR count). The third-order valence-electron chi connectivity index (χ3n) is 8.36. The van der Waals surface area contributed by atoms with E-state index in [0.29, 0.717) is 12.0 Å². The van der Waals surface area contributed by atoms with Gasteiger partial charge in [-0.15, -0.1) is 0 Å². The molecule has 0 bridgehead atoms. The Labute approximate surface area is 217 Å². The third kappa shape index (κ3) is 5.36. The molecule has 3 fully saturated rings. The van der Waals surface area contributed by atoms with Crippen LogP contribution < -0.4 is 10.2 Å². The van der Waals surface area contributed by atoms with Crippen LogP contribution in [0.25, 0.3) is 0 Å². The summed E-state index contributed by atoms with van der Waals surface area (Å²) in [5.74, 6) is -2.53. The molecular formula is C27H38F2N4O4. The number of likely N-dealkylation sites (tertiary alicyclic amines) is 1. The van der Waals surface area contributed by atoms with E-state index < -0.39 is 47.8 Å². The summed E-state index contributed by atoms with van der Waals surface area (Å²) in [4.78, 5) is 45.8. The summed E-state index contributed by atoms with van der Waals surface area (Å²) >= 11 is 0. The number of carbonyl (C=O) groups is 3. The standard InChI is InChI=1S/C27H38F2N4O4/c1-5-27(3,4)23(26(36)33-15-18(24(28)29)22-21(33)20(34)16-37-22)30-25(35)17-9-7-8-10-19(17)32-13-11-31(6-2)12-14-32/h7-10,18,21-24H,5-6,11-16H2,1-4H3,(H,30,35)/t18-,21-,22-,23-/m1/s1. The van der Waals surface area contributed by atoms with E-state index in [4.69, 9.17) is 4.74 Å². The second-order valence-electron chi connectivity index (χ2n) is 10.9. The first kappa shape index (κ1) is 27.4. The van der Waals surface area contributed by atoms with Crippen LogP contribution in [0.1, 0.15) is 44.5 Å². The van der Waals surface area contributed by atoms with Crippen molar-refractivity contribution in [3.8, 4) is 0 Å². The molecule has 0 radical (unpaired) electrons. The Morgan fingerprint density at radius 1 is 1.14 bits per heavy atom.